The monoisotopic (exact) mass is 393 g/mol. The average molecular weight is 393 g/mol. The third kappa shape index (κ3) is 7.00. The highest BCUT2D eigenvalue weighted by atomic mass is 32.2. The second-order valence-electron chi connectivity index (χ2n) is 7.76. The second kappa shape index (κ2) is 8.06. The lowest BCUT2D eigenvalue weighted by molar-refractivity contribution is -0.284. The summed E-state index contributed by atoms with van der Waals surface area (Å²) in [5.41, 5.74) is 0.00319. The fraction of sp³-hybridized carbons (Fsp3) is 1.00. The highest BCUT2D eigenvalue weighted by Crippen LogP contribution is 2.38. The summed E-state index contributed by atoms with van der Waals surface area (Å²) < 4.78 is 85.5. The van der Waals surface area contributed by atoms with Gasteiger partial charge in [0.2, 0.25) is 0 Å². The first-order valence-corrected chi connectivity index (χ1v) is 10.4. The van der Waals surface area contributed by atoms with Gasteiger partial charge < -0.3 is 0 Å². The molecule has 0 bridgehead atoms. The van der Waals surface area contributed by atoms with E-state index in [4.69, 9.17) is 0 Å². The Morgan fingerprint density at radius 1 is 1.00 bits per heavy atom. The van der Waals surface area contributed by atoms with Crippen molar-refractivity contribution in [2.75, 3.05) is 18.1 Å². The van der Waals surface area contributed by atoms with Gasteiger partial charge in [-0.15, -0.1) is 0 Å². The van der Waals surface area contributed by atoms with Gasteiger partial charge in [-0.25, -0.2) is 8.42 Å². The molecule has 1 saturated heterocycles. The molecular formula is C16H28F5NO2S. The molecule has 0 aromatic rings. The molecule has 0 saturated carbocycles. The zero-order valence-corrected chi connectivity index (χ0v) is 15.8. The van der Waals surface area contributed by atoms with Crippen molar-refractivity contribution in [1.82, 2.24) is 4.90 Å². The first-order chi connectivity index (χ1) is 11.2. The highest BCUT2D eigenvalue weighted by Gasteiger charge is 2.56. The molecule has 9 heteroatoms. The molecule has 1 aliphatic rings. The van der Waals surface area contributed by atoms with Crippen LogP contribution in [0.2, 0.25) is 0 Å². The molecule has 1 fully saturated rings. The van der Waals surface area contributed by atoms with Crippen molar-refractivity contribution in [2.24, 2.45) is 0 Å². The van der Waals surface area contributed by atoms with E-state index in [0.717, 1.165) is 19.4 Å². The van der Waals surface area contributed by atoms with Crippen molar-refractivity contribution in [3.8, 4) is 0 Å². The van der Waals surface area contributed by atoms with Crippen molar-refractivity contribution in [3.05, 3.63) is 0 Å². The number of halogens is 5. The van der Waals surface area contributed by atoms with Gasteiger partial charge >= 0.3 is 12.1 Å². The van der Waals surface area contributed by atoms with E-state index in [0.29, 0.717) is 18.9 Å². The molecule has 25 heavy (non-hydrogen) atoms. The van der Waals surface area contributed by atoms with Gasteiger partial charge in [0, 0.05) is 18.0 Å². The average Bonchev–Trinajstić information content (AvgIpc) is 2.84. The molecule has 1 rings (SSSR count). The lowest BCUT2D eigenvalue weighted by atomic mass is 10.0. The number of hydrogen-bond acceptors (Lipinski definition) is 3. The first kappa shape index (κ1) is 22.6. The normalized spacial score (nSPS) is 21.0. The predicted molar refractivity (Wildman–Crippen MR) is 87.6 cm³/mol. The van der Waals surface area contributed by atoms with Crippen LogP contribution in [0.25, 0.3) is 0 Å². The van der Waals surface area contributed by atoms with Gasteiger partial charge in [-0.1, -0.05) is 0 Å². The van der Waals surface area contributed by atoms with E-state index < -0.39 is 40.5 Å². The number of alkyl halides is 5. The van der Waals surface area contributed by atoms with Crippen molar-refractivity contribution in [3.63, 3.8) is 0 Å². The maximum atomic E-state index is 12.8. The molecule has 0 aliphatic carbocycles. The largest absolute Gasteiger partial charge is 0.453 e. The lowest BCUT2D eigenvalue weighted by Crippen LogP contribution is -2.44. The highest BCUT2D eigenvalue weighted by molar-refractivity contribution is 7.91. The Morgan fingerprint density at radius 3 is 2.08 bits per heavy atom. The molecule has 0 amide bonds. The third-order valence-corrected chi connectivity index (χ3v) is 6.41. The van der Waals surface area contributed by atoms with Gasteiger partial charge in [0.1, 0.15) is 9.84 Å². The first-order valence-electron chi connectivity index (χ1n) is 8.57. The molecular weight excluding hydrogens is 365 g/mol. The minimum absolute atomic E-state index is 0.00319. The summed E-state index contributed by atoms with van der Waals surface area (Å²) >= 11 is 0. The SMILES string of the molecule is CC(C)(C)N1CCC[C@@H]1CCCS(=O)(=O)CCCC(F)(F)C(F)(F)F. The summed E-state index contributed by atoms with van der Waals surface area (Å²) in [6, 6.07) is 0.296. The van der Waals surface area contributed by atoms with Gasteiger partial charge in [-0.05, 0) is 59.4 Å². The Labute approximate surface area is 146 Å². The van der Waals surface area contributed by atoms with Crippen molar-refractivity contribution < 1.29 is 30.4 Å². The van der Waals surface area contributed by atoms with E-state index in [9.17, 15) is 30.4 Å². The van der Waals surface area contributed by atoms with E-state index in [2.05, 4.69) is 25.7 Å². The Morgan fingerprint density at radius 2 is 1.56 bits per heavy atom. The van der Waals surface area contributed by atoms with Crippen LogP contribution in [0.4, 0.5) is 22.0 Å². The molecule has 0 aromatic carbocycles. The fourth-order valence-corrected chi connectivity index (χ4v) is 4.71. The summed E-state index contributed by atoms with van der Waals surface area (Å²) in [5.74, 6) is -5.63. The van der Waals surface area contributed by atoms with Gasteiger partial charge in [0.15, 0.2) is 0 Å². The van der Waals surface area contributed by atoms with Crippen LogP contribution in [0.15, 0.2) is 0 Å². The fourth-order valence-electron chi connectivity index (χ4n) is 3.32. The number of hydrogen-bond donors (Lipinski definition) is 0. The maximum absolute atomic E-state index is 12.8. The van der Waals surface area contributed by atoms with E-state index in [1.807, 2.05) is 0 Å². The summed E-state index contributed by atoms with van der Waals surface area (Å²) in [5, 5.41) is 0. The molecule has 3 nitrogen and oxygen atoms in total. The summed E-state index contributed by atoms with van der Waals surface area (Å²) in [6.45, 7) is 7.27. The van der Waals surface area contributed by atoms with Crippen LogP contribution in [-0.2, 0) is 9.84 Å². The molecule has 1 atom stereocenters. The van der Waals surface area contributed by atoms with Gasteiger partial charge in [-0.3, -0.25) is 4.90 Å². The van der Waals surface area contributed by atoms with Crippen molar-refractivity contribution in [2.45, 2.75) is 83.0 Å². The van der Waals surface area contributed by atoms with Crippen LogP contribution in [0.3, 0.4) is 0 Å². The Balaban J connectivity index is 2.39. The van der Waals surface area contributed by atoms with E-state index in [-0.39, 0.29) is 11.3 Å². The van der Waals surface area contributed by atoms with E-state index in [1.165, 1.54) is 0 Å². The molecule has 1 heterocycles. The van der Waals surface area contributed by atoms with Crippen LogP contribution in [0.5, 0.6) is 0 Å². The molecule has 0 radical (unpaired) electrons. The second-order valence-corrected chi connectivity index (χ2v) is 10.1. The Hall–Kier alpha value is -0.440. The van der Waals surface area contributed by atoms with Crippen LogP contribution in [-0.4, -0.2) is 55.0 Å². The van der Waals surface area contributed by atoms with Crippen LogP contribution >= 0.6 is 0 Å². The standard InChI is InChI=1S/C16H28F5NO2S/c1-14(2,3)22-10-4-7-13(22)8-5-11-25(23,24)12-6-9-15(17,18)16(19,20)21/h13H,4-12H2,1-3H3/t13-/m1/s1. The third-order valence-electron chi connectivity index (χ3n) is 4.59. The number of rotatable bonds is 8. The minimum Gasteiger partial charge on any atom is -0.296 e. The zero-order chi connectivity index (χ0) is 19.5. The number of sulfone groups is 1. The molecule has 1 aliphatic heterocycles. The molecule has 150 valence electrons. The summed E-state index contributed by atoms with van der Waals surface area (Å²) in [6.07, 6.45) is -4.67. The number of nitrogens with zero attached hydrogens (tertiary/aromatic N) is 1. The molecule has 0 N–H and O–H groups in total. The lowest BCUT2D eigenvalue weighted by Gasteiger charge is -2.37. The van der Waals surface area contributed by atoms with Gasteiger partial charge in [0.05, 0.1) is 11.5 Å². The topological polar surface area (TPSA) is 37.4 Å². The smallest absolute Gasteiger partial charge is 0.296 e. The maximum Gasteiger partial charge on any atom is 0.453 e. The molecule has 0 spiro atoms. The van der Waals surface area contributed by atoms with Crippen LogP contribution in [0.1, 0.15) is 59.3 Å². The number of likely N-dealkylation sites (tertiary alicyclic amines) is 1. The van der Waals surface area contributed by atoms with Gasteiger partial charge in [0.25, 0.3) is 0 Å². The predicted octanol–water partition coefficient (Wildman–Crippen LogP) is 4.42. The minimum atomic E-state index is -5.63. The Bertz CT molecular complexity index is 526. The summed E-state index contributed by atoms with van der Waals surface area (Å²) in [7, 11) is -3.61. The van der Waals surface area contributed by atoms with Crippen LogP contribution in [0, 0.1) is 0 Å². The van der Waals surface area contributed by atoms with Crippen LogP contribution < -0.4 is 0 Å². The van der Waals surface area contributed by atoms with Gasteiger partial charge in [-0.2, -0.15) is 22.0 Å². The van der Waals surface area contributed by atoms with E-state index >= 15 is 0 Å². The molecule has 0 unspecified atom stereocenters. The van der Waals surface area contributed by atoms with Crippen molar-refractivity contribution >= 4 is 9.84 Å². The zero-order valence-electron chi connectivity index (χ0n) is 15.0. The van der Waals surface area contributed by atoms with E-state index in [1.54, 1.807) is 0 Å². The van der Waals surface area contributed by atoms with Crippen molar-refractivity contribution in [1.29, 1.82) is 0 Å². The molecule has 0 aromatic heterocycles. The summed E-state index contributed by atoms with van der Waals surface area (Å²) in [4.78, 5) is 2.34. The Kier molecular flexibility index (Phi) is 7.29. The quantitative estimate of drug-likeness (QED) is 0.573.